The van der Waals surface area contributed by atoms with Crippen LogP contribution in [0.5, 0.6) is 0 Å². The topological polar surface area (TPSA) is 41.6 Å². The zero-order chi connectivity index (χ0) is 12.7. The molecule has 0 unspecified atom stereocenters. The van der Waals surface area contributed by atoms with Crippen molar-refractivity contribution in [2.24, 2.45) is 11.8 Å². The lowest BCUT2D eigenvalue weighted by Gasteiger charge is -2.28. The first-order chi connectivity index (χ1) is 8.08. The SMILES string of the molecule is CC(C)COCC(=O)NCC1CCN(C)CC1. The average Bonchev–Trinajstić information content (AvgIpc) is 2.28. The highest BCUT2D eigenvalue weighted by Crippen LogP contribution is 2.14. The number of hydrogen-bond donors (Lipinski definition) is 1. The summed E-state index contributed by atoms with van der Waals surface area (Å²) in [5, 5.41) is 2.96. The lowest BCUT2D eigenvalue weighted by molar-refractivity contribution is -0.126. The van der Waals surface area contributed by atoms with Gasteiger partial charge in [0, 0.05) is 13.2 Å². The van der Waals surface area contributed by atoms with Crippen molar-refractivity contribution < 1.29 is 9.53 Å². The maximum absolute atomic E-state index is 11.5. The number of ether oxygens (including phenoxy) is 1. The quantitative estimate of drug-likeness (QED) is 0.759. The van der Waals surface area contributed by atoms with Gasteiger partial charge in [0.25, 0.3) is 0 Å². The molecule has 4 nitrogen and oxygen atoms in total. The van der Waals surface area contributed by atoms with E-state index in [4.69, 9.17) is 4.74 Å². The first kappa shape index (κ1) is 14.5. The van der Waals surface area contributed by atoms with Crippen LogP contribution in [0.3, 0.4) is 0 Å². The van der Waals surface area contributed by atoms with E-state index in [9.17, 15) is 4.79 Å². The molecule has 0 aromatic carbocycles. The number of rotatable bonds is 6. The van der Waals surface area contributed by atoms with E-state index in [0.29, 0.717) is 18.4 Å². The molecule has 1 aliphatic heterocycles. The number of nitrogens with zero attached hydrogens (tertiary/aromatic N) is 1. The number of likely N-dealkylation sites (tertiary alicyclic amines) is 1. The van der Waals surface area contributed by atoms with Crippen molar-refractivity contribution in [3.63, 3.8) is 0 Å². The van der Waals surface area contributed by atoms with Crippen LogP contribution >= 0.6 is 0 Å². The molecule has 1 amide bonds. The molecule has 0 saturated carbocycles. The monoisotopic (exact) mass is 242 g/mol. The third-order valence-corrected chi connectivity index (χ3v) is 3.11. The van der Waals surface area contributed by atoms with Crippen LogP contribution in [-0.4, -0.2) is 50.7 Å². The standard InChI is InChI=1S/C13H26N2O2/c1-11(2)9-17-10-13(16)14-8-12-4-6-15(3)7-5-12/h11-12H,4-10H2,1-3H3,(H,14,16). The Kier molecular flexibility index (Phi) is 6.52. The number of carbonyl (C=O) groups excluding carboxylic acids is 1. The van der Waals surface area contributed by atoms with Gasteiger partial charge in [0.05, 0.1) is 0 Å². The number of hydrogen-bond acceptors (Lipinski definition) is 3. The van der Waals surface area contributed by atoms with Crippen LogP contribution in [0, 0.1) is 11.8 Å². The van der Waals surface area contributed by atoms with Gasteiger partial charge in [-0.25, -0.2) is 0 Å². The summed E-state index contributed by atoms with van der Waals surface area (Å²) in [5.74, 6) is 1.14. The minimum atomic E-state index is 0.0181. The zero-order valence-electron chi connectivity index (χ0n) is 11.4. The second-order valence-electron chi connectivity index (χ2n) is 5.46. The van der Waals surface area contributed by atoms with Gasteiger partial charge in [-0.3, -0.25) is 4.79 Å². The molecule has 1 aliphatic rings. The minimum absolute atomic E-state index is 0.0181. The predicted octanol–water partition coefficient (Wildman–Crippen LogP) is 1.12. The van der Waals surface area contributed by atoms with Crippen LogP contribution in [0.1, 0.15) is 26.7 Å². The fourth-order valence-corrected chi connectivity index (χ4v) is 1.96. The molecule has 0 aromatic heterocycles. The Bertz CT molecular complexity index is 223. The number of piperidine rings is 1. The van der Waals surface area contributed by atoms with Crippen molar-refractivity contribution in [3.8, 4) is 0 Å². The van der Waals surface area contributed by atoms with Gasteiger partial charge >= 0.3 is 0 Å². The summed E-state index contributed by atoms with van der Waals surface area (Å²) >= 11 is 0. The average molecular weight is 242 g/mol. The molecule has 0 radical (unpaired) electrons. The van der Waals surface area contributed by atoms with E-state index in [0.717, 1.165) is 19.6 Å². The van der Waals surface area contributed by atoms with Gasteiger partial charge < -0.3 is 15.0 Å². The highest BCUT2D eigenvalue weighted by Gasteiger charge is 2.17. The molecule has 0 spiro atoms. The predicted molar refractivity (Wildman–Crippen MR) is 68.9 cm³/mol. The summed E-state index contributed by atoms with van der Waals surface area (Å²) in [6.07, 6.45) is 2.37. The van der Waals surface area contributed by atoms with Gasteiger partial charge in [0.1, 0.15) is 6.61 Å². The zero-order valence-corrected chi connectivity index (χ0v) is 11.4. The third kappa shape index (κ3) is 6.64. The number of amides is 1. The van der Waals surface area contributed by atoms with Crippen molar-refractivity contribution in [3.05, 3.63) is 0 Å². The molecule has 0 bridgehead atoms. The van der Waals surface area contributed by atoms with Crippen LogP contribution in [0.4, 0.5) is 0 Å². The van der Waals surface area contributed by atoms with Gasteiger partial charge in [-0.15, -0.1) is 0 Å². The minimum Gasteiger partial charge on any atom is -0.371 e. The van der Waals surface area contributed by atoms with E-state index < -0.39 is 0 Å². The molecular weight excluding hydrogens is 216 g/mol. The van der Waals surface area contributed by atoms with Crippen molar-refractivity contribution in [2.75, 3.05) is 39.9 Å². The molecule has 4 heteroatoms. The molecule has 100 valence electrons. The van der Waals surface area contributed by atoms with Gasteiger partial charge in [0.2, 0.25) is 5.91 Å². The highest BCUT2D eigenvalue weighted by molar-refractivity contribution is 5.77. The molecule has 0 atom stereocenters. The summed E-state index contributed by atoms with van der Waals surface area (Å²) in [4.78, 5) is 13.8. The van der Waals surface area contributed by atoms with E-state index >= 15 is 0 Å². The molecule has 1 saturated heterocycles. The fourth-order valence-electron chi connectivity index (χ4n) is 1.96. The molecule has 1 rings (SSSR count). The maximum Gasteiger partial charge on any atom is 0.246 e. The van der Waals surface area contributed by atoms with Crippen molar-refractivity contribution in [2.45, 2.75) is 26.7 Å². The first-order valence-corrected chi connectivity index (χ1v) is 6.61. The Hall–Kier alpha value is -0.610. The van der Waals surface area contributed by atoms with E-state index in [1.165, 1.54) is 12.8 Å². The Labute approximate surface area is 105 Å². The van der Waals surface area contributed by atoms with Crippen LogP contribution in [0.15, 0.2) is 0 Å². The lowest BCUT2D eigenvalue weighted by atomic mass is 9.97. The van der Waals surface area contributed by atoms with Gasteiger partial charge in [-0.05, 0) is 44.8 Å². The highest BCUT2D eigenvalue weighted by atomic mass is 16.5. The summed E-state index contributed by atoms with van der Waals surface area (Å²) in [6.45, 7) is 8.10. The number of carbonyl (C=O) groups is 1. The normalized spacial score (nSPS) is 18.6. The molecule has 17 heavy (non-hydrogen) atoms. The third-order valence-electron chi connectivity index (χ3n) is 3.11. The molecule has 1 fully saturated rings. The molecule has 1 heterocycles. The Morgan fingerprint density at radius 2 is 2.06 bits per heavy atom. The number of nitrogens with one attached hydrogen (secondary N) is 1. The second kappa shape index (κ2) is 7.67. The molecule has 1 N–H and O–H groups in total. The Morgan fingerprint density at radius 3 is 2.65 bits per heavy atom. The van der Waals surface area contributed by atoms with Crippen molar-refractivity contribution >= 4 is 5.91 Å². The molecule has 0 aliphatic carbocycles. The lowest BCUT2D eigenvalue weighted by Crippen LogP contribution is -2.38. The van der Waals surface area contributed by atoms with Crippen LogP contribution < -0.4 is 5.32 Å². The molecular formula is C13H26N2O2. The fraction of sp³-hybridized carbons (Fsp3) is 0.923. The van der Waals surface area contributed by atoms with Crippen LogP contribution in [0.2, 0.25) is 0 Å². The smallest absolute Gasteiger partial charge is 0.246 e. The Morgan fingerprint density at radius 1 is 1.41 bits per heavy atom. The van der Waals surface area contributed by atoms with Crippen molar-refractivity contribution in [1.82, 2.24) is 10.2 Å². The second-order valence-corrected chi connectivity index (χ2v) is 5.46. The first-order valence-electron chi connectivity index (χ1n) is 6.61. The largest absolute Gasteiger partial charge is 0.371 e. The van der Waals surface area contributed by atoms with E-state index in [1.54, 1.807) is 0 Å². The molecule has 0 aromatic rings. The van der Waals surface area contributed by atoms with E-state index in [-0.39, 0.29) is 12.5 Å². The van der Waals surface area contributed by atoms with E-state index in [2.05, 4.69) is 31.1 Å². The Balaban J connectivity index is 2.03. The maximum atomic E-state index is 11.5. The van der Waals surface area contributed by atoms with Crippen molar-refractivity contribution in [1.29, 1.82) is 0 Å². The summed E-state index contributed by atoms with van der Waals surface area (Å²) in [7, 11) is 2.15. The van der Waals surface area contributed by atoms with Crippen LogP contribution in [0.25, 0.3) is 0 Å². The van der Waals surface area contributed by atoms with Gasteiger partial charge in [0.15, 0.2) is 0 Å². The summed E-state index contributed by atoms with van der Waals surface area (Å²) in [5.41, 5.74) is 0. The van der Waals surface area contributed by atoms with Gasteiger partial charge in [-0.2, -0.15) is 0 Å². The summed E-state index contributed by atoms with van der Waals surface area (Å²) < 4.78 is 5.29. The van der Waals surface area contributed by atoms with Gasteiger partial charge in [-0.1, -0.05) is 13.8 Å². The van der Waals surface area contributed by atoms with Crippen LogP contribution in [-0.2, 0) is 9.53 Å². The van der Waals surface area contributed by atoms with E-state index in [1.807, 2.05) is 0 Å². The summed E-state index contributed by atoms with van der Waals surface area (Å²) in [6, 6.07) is 0.